The number of guanidine groups is 1. The lowest BCUT2D eigenvalue weighted by atomic mass is 9.97. The summed E-state index contributed by atoms with van der Waals surface area (Å²) in [6.45, 7) is 1.84. The van der Waals surface area contributed by atoms with Gasteiger partial charge in [-0.2, -0.15) is 0 Å². The summed E-state index contributed by atoms with van der Waals surface area (Å²) in [6.07, 6.45) is 9.60. The van der Waals surface area contributed by atoms with Crippen LogP contribution in [0.25, 0.3) is 11.1 Å². The van der Waals surface area contributed by atoms with Gasteiger partial charge in [0.25, 0.3) is 0 Å². The van der Waals surface area contributed by atoms with E-state index in [-0.39, 0.29) is 33.9 Å². The van der Waals surface area contributed by atoms with Crippen molar-refractivity contribution in [2.75, 3.05) is 16.9 Å². The van der Waals surface area contributed by atoms with Crippen molar-refractivity contribution in [3.8, 4) is 11.1 Å². The van der Waals surface area contributed by atoms with Crippen LogP contribution in [0.4, 0.5) is 11.4 Å². The van der Waals surface area contributed by atoms with E-state index in [0.717, 1.165) is 55.4 Å². The Morgan fingerprint density at radius 1 is 0.913 bits per heavy atom. The molecule has 0 radical (unpaired) electrons. The van der Waals surface area contributed by atoms with Gasteiger partial charge in [0.05, 0.1) is 24.6 Å². The number of nitrogen functional groups attached to an aromatic ring is 1. The van der Waals surface area contributed by atoms with Gasteiger partial charge in [-0.05, 0) is 67.5 Å². The second kappa shape index (κ2) is 17.2. The zero-order valence-electron chi connectivity index (χ0n) is 26.1. The number of carboxylic acid groups (broad SMARTS) is 1. The lowest BCUT2D eigenvalue weighted by Gasteiger charge is -2.18. The highest BCUT2D eigenvalue weighted by Crippen LogP contribution is 2.39. The number of thiophene rings is 1. The highest BCUT2D eigenvalue weighted by Gasteiger charge is 2.26. The molecule has 14 heteroatoms. The van der Waals surface area contributed by atoms with Crippen LogP contribution in [0.5, 0.6) is 0 Å². The van der Waals surface area contributed by atoms with E-state index >= 15 is 0 Å². The molecule has 3 rings (SSSR count). The molecule has 0 saturated heterocycles. The summed E-state index contributed by atoms with van der Waals surface area (Å²) >= 11 is 2.43. The first-order chi connectivity index (χ1) is 21.8. The van der Waals surface area contributed by atoms with E-state index in [4.69, 9.17) is 27.4 Å². The monoisotopic (exact) mass is 686 g/mol. The van der Waals surface area contributed by atoms with Crippen molar-refractivity contribution in [3.63, 3.8) is 0 Å². The topological polar surface area (TPSA) is 212 Å². The number of amides is 1. The first-order valence-corrected chi connectivity index (χ1v) is 18.5. The number of hydrogen-bond acceptors (Lipinski definition) is 8. The summed E-state index contributed by atoms with van der Waals surface area (Å²) in [4.78, 5) is 24.2. The van der Waals surface area contributed by atoms with E-state index in [1.54, 1.807) is 36.6 Å². The summed E-state index contributed by atoms with van der Waals surface area (Å²) < 4.78 is 28.1. The number of nitrogens with two attached hydrogens (primary N) is 2. The number of aliphatic carboxylic acids is 1. The number of nitrogens with one attached hydrogen (secondary N) is 4. The number of hydrogen-bond donors (Lipinski definition) is 7. The lowest BCUT2D eigenvalue weighted by Crippen LogP contribution is -2.21. The lowest BCUT2D eigenvalue weighted by molar-refractivity contribution is -0.137. The number of sulfone groups is 1. The molecular weight excluding hydrogens is 645 g/mol. The minimum Gasteiger partial charge on any atom is -0.481 e. The van der Waals surface area contributed by atoms with Gasteiger partial charge in [-0.1, -0.05) is 50.7 Å². The molecule has 11 nitrogen and oxygen atoms in total. The fourth-order valence-corrected chi connectivity index (χ4v) is 9.00. The van der Waals surface area contributed by atoms with Gasteiger partial charge in [-0.15, -0.1) is 23.1 Å². The SMILES string of the molecule is CSc1sc(C(=N)N)cc1S(=O)(=O)c1cccc(-c2c(C)cc(NC(=N)N)cc2NC(=O)CCCCCCCCCCC(=O)O)c1. The maximum absolute atomic E-state index is 13.8. The second-order valence-electron chi connectivity index (χ2n) is 10.9. The number of anilines is 2. The third-order valence-corrected chi connectivity index (χ3v) is 11.6. The predicted molar refractivity (Wildman–Crippen MR) is 187 cm³/mol. The van der Waals surface area contributed by atoms with Crippen LogP contribution in [0.3, 0.4) is 0 Å². The Kier molecular flexibility index (Phi) is 13.6. The van der Waals surface area contributed by atoms with Gasteiger partial charge in [-0.3, -0.25) is 20.4 Å². The van der Waals surface area contributed by atoms with E-state index in [9.17, 15) is 18.0 Å². The smallest absolute Gasteiger partial charge is 0.303 e. The Hall–Kier alpha value is -3.88. The Balaban J connectivity index is 1.79. The van der Waals surface area contributed by atoms with Crippen molar-refractivity contribution in [1.82, 2.24) is 0 Å². The van der Waals surface area contributed by atoms with Crippen LogP contribution in [0, 0.1) is 17.7 Å². The number of carbonyl (C=O) groups excluding carboxylic acids is 1. The third-order valence-electron chi connectivity index (χ3n) is 7.27. The minimum atomic E-state index is -3.96. The number of aryl methyl sites for hydroxylation is 1. The molecule has 0 spiro atoms. The molecule has 248 valence electrons. The molecule has 3 aromatic rings. The quantitative estimate of drug-likeness (QED) is 0.0324. The van der Waals surface area contributed by atoms with E-state index in [1.807, 2.05) is 6.92 Å². The molecule has 2 aromatic carbocycles. The number of carboxylic acids is 1. The fourth-order valence-electron chi connectivity index (χ4n) is 5.10. The van der Waals surface area contributed by atoms with Gasteiger partial charge in [0, 0.05) is 24.1 Å². The van der Waals surface area contributed by atoms with Crippen LogP contribution < -0.4 is 22.1 Å². The highest BCUT2D eigenvalue weighted by atomic mass is 32.2. The van der Waals surface area contributed by atoms with Gasteiger partial charge in [0.2, 0.25) is 15.7 Å². The molecule has 0 aliphatic rings. The molecule has 46 heavy (non-hydrogen) atoms. The Labute approximate surface area is 278 Å². The van der Waals surface area contributed by atoms with E-state index in [1.165, 1.54) is 23.9 Å². The van der Waals surface area contributed by atoms with Crippen molar-refractivity contribution in [2.45, 2.75) is 85.1 Å². The van der Waals surface area contributed by atoms with Gasteiger partial charge >= 0.3 is 5.97 Å². The number of carbonyl (C=O) groups is 2. The molecule has 0 bridgehead atoms. The maximum atomic E-state index is 13.8. The number of benzene rings is 2. The molecule has 0 aliphatic heterocycles. The maximum Gasteiger partial charge on any atom is 0.303 e. The predicted octanol–water partition coefficient (Wildman–Crippen LogP) is 6.79. The van der Waals surface area contributed by atoms with Crippen LogP contribution in [0.1, 0.15) is 74.6 Å². The van der Waals surface area contributed by atoms with Gasteiger partial charge in [0.15, 0.2) is 5.96 Å². The van der Waals surface area contributed by atoms with Crippen molar-refractivity contribution < 1.29 is 23.1 Å². The number of rotatable bonds is 18. The Morgan fingerprint density at radius 2 is 1.54 bits per heavy atom. The highest BCUT2D eigenvalue weighted by molar-refractivity contribution is 8.01. The minimum absolute atomic E-state index is 0.0673. The zero-order valence-corrected chi connectivity index (χ0v) is 28.5. The molecule has 0 unspecified atom stereocenters. The van der Waals surface area contributed by atoms with E-state index in [2.05, 4.69) is 10.6 Å². The van der Waals surface area contributed by atoms with Crippen LogP contribution in [0.15, 0.2) is 56.5 Å². The van der Waals surface area contributed by atoms with E-state index < -0.39 is 15.8 Å². The number of unbranched alkanes of at least 4 members (excludes halogenated alkanes) is 7. The molecule has 0 fully saturated rings. The van der Waals surface area contributed by atoms with Crippen LogP contribution in [-0.4, -0.2) is 43.5 Å². The average molecular weight is 687 g/mol. The number of thioether (sulfide) groups is 1. The summed E-state index contributed by atoms with van der Waals surface area (Å²) in [7, 11) is -3.96. The summed E-state index contributed by atoms with van der Waals surface area (Å²) in [6, 6.07) is 11.4. The molecule has 0 aliphatic carbocycles. The first-order valence-electron chi connectivity index (χ1n) is 15.0. The molecular formula is C32H42N6O5S3. The summed E-state index contributed by atoms with van der Waals surface area (Å²) in [5, 5.41) is 29.9. The fraction of sp³-hybridized carbons (Fsp3) is 0.375. The largest absolute Gasteiger partial charge is 0.481 e. The first kappa shape index (κ1) is 36.6. The molecule has 1 aromatic heterocycles. The van der Waals surface area contributed by atoms with Gasteiger partial charge in [0.1, 0.15) is 5.84 Å². The van der Waals surface area contributed by atoms with Gasteiger partial charge in [-0.25, -0.2) is 8.42 Å². The van der Waals surface area contributed by atoms with Crippen LogP contribution >= 0.6 is 23.1 Å². The molecule has 0 atom stereocenters. The Bertz CT molecular complexity index is 1690. The van der Waals surface area contributed by atoms with Crippen LogP contribution in [0.2, 0.25) is 0 Å². The average Bonchev–Trinajstić information content (AvgIpc) is 3.44. The third kappa shape index (κ3) is 10.3. The molecule has 1 heterocycles. The molecule has 1 amide bonds. The van der Waals surface area contributed by atoms with Crippen molar-refractivity contribution in [2.24, 2.45) is 11.5 Å². The molecule has 0 saturated carbocycles. The second-order valence-corrected chi connectivity index (χ2v) is 15.0. The summed E-state index contributed by atoms with van der Waals surface area (Å²) in [5.41, 5.74) is 14.1. The molecule has 9 N–H and O–H groups in total. The standard InChI is InChI=1S/C32H42N6O5S3/c1-20-16-22(37-32(35)36)18-24(38-27(39)14-9-7-5-3-4-6-8-10-15-28(40)41)29(20)21-12-11-13-23(17-21)46(42,43)26-19-25(30(33)34)45-31(26)44-2/h11-13,16-19H,3-10,14-15H2,1-2H3,(H3,33,34)(H,38,39)(H,40,41)(H4,35,36,37). The van der Waals surface area contributed by atoms with Crippen LogP contribution in [-0.2, 0) is 19.4 Å². The summed E-state index contributed by atoms with van der Waals surface area (Å²) in [5.74, 6) is -1.40. The van der Waals surface area contributed by atoms with Crippen molar-refractivity contribution in [3.05, 3.63) is 52.9 Å². The van der Waals surface area contributed by atoms with E-state index in [0.29, 0.717) is 50.9 Å². The van der Waals surface area contributed by atoms with Crippen molar-refractivity contribution in [1.29, 1.82) is 10.8 Å². The normalized spacial score (nSPS) is 11.3. The Morgan fingerprint density at radius 3 is 2.13 bits per heavy atom. The number of amidine groups is 1. The van der Waals surface area contributed by atoms with Gasteiger partial charge < -0.3 is 27.2 Å². The zero-order chi connectivity index (χ0) is 33.9. The van der Waals surface area contributed by atoms with Crippen molar-refractivity contribution >= 4 is 68.0 Å².